The Hall–Kier alpha value is -0.230. The molecule has 1 atom stereocenters. The fourth-order valence-corrected chi connectivity index (χ4v) is 3.71. The van der Waals surface area contributed by atoms with Crippen LogP contribution in [0.1, 0.15) is 19.3 Å². The van der Waals surface area contributed by atoms with E-state index in [4.69, 9.17) is 5.11 Å². The molecule has 1 heterocycles. The zero-order valence-electron chi connectivity index (χ0n) is 8.02. The molecule has 4 nitrogen and oxygen atoms in total. The van der Waals surface area contributed by atoms with Crippen LogP contribution in [0.5, 0.6) is 0 Å². The van der Waals surface area contributed by atoms with Gasteiger partial charge in [-0.15, -0.1) is 11.8 Å². The van der Waals surface area contributed by atoms with Crippen LogP contribution in [0.2, 0.25) is 0 Å². The van der Waals surface area contributed by atoms with Gasteiger partial charge in [-0.3, -0.25) is 4.79 Å². The molecule has 0 saturated carbocycles. The number of sulfone groups is 1. The average molecular weight is 238 g/mol. The highest BCUT2D eigenvalue weighted by molar-refractivity contribution is 8.01. The third-order valence-electron chi connectivity index (χ3n) is 2.37. The first kappa shape index (κ1) is 11.8. The van der Waals surface area contributed by atoms with Gasteiger partial charge in [0.2, 0.25) is 0 Å². The molecule has 0 aromatic carbocycles. The maximum absolute atomic E-state index is 11.0. The molecule has 6 heteroatoms. The molecule has 1 aliphatic heterocycles. The summed E-state index contributed by atoms with van der Waals surface area (Å²) in [5, 5.41) is 9.04. The van der Waals surface area contributed by atoms with Crippen molar-refractivity contribution in [1.82, 2.24) is 0 Å². The van der Waals surface area contributed by atoms with E-state index in [9.17, 15) is 13.2 Å². The lowest BCUT2D eigenvalue weighted by molar-refractivity contribution is -0.140. The van der Waals surface area contributed by atoms with Gasteiger partial charge in [-0.1, -0.05) is 0 Å². The Labute approximate surface area is 88.0 Å². The Balaban J connectivity index is 2.66. The van der Waals surface area contributed by atoms with Crippen LogP contribution in [0.15, 0.2) is 0 Å². The van der Waals surface area contributed by atoms with Gasteiger partial charge in [0.05, 0.1) is 5.75 Å². The quantitative estimate of drug-likeness (QED) is 0.783. The van der Waals surface area contributed by atoms with Crippen LogP contribution in [0.4, 0.5) is 0 Å². The van der Waals surface area contributed by atoms with Gasteiger partial charge in [-0.2, -0.15) is 0 Å². The minimum absolute atomic E-state index is 0.0354. The Kier molecular flexibility index (Phi) is 3.47. The van der Waals surface area contributed by atoms with Crippen LogP contribution >= 0.6 is 11.8 Å². The summed E-state index contributed by atoms with van der Waals surface area (Å²) in [7, 11) is -3.06. The molecule has 0 bridgehead atoms. The van der Waals surface area contributed by atoms with Crippen LogP contribution in [0, 0.1) is 0 Å². The van der Waals surface area contributed by atoms with Gasteiger partial charge >= 0.3 is 5.97 Å². The Morgan fingerprint density at radius 3 is 2.57 bits per heavy atom. The highest BCUT2D eigenvalue weighted by atomic mass is 32.2. The predicted molar refractivity (Wildman–Crippen MR) is 56.4 cm³/mol. The van der Waals surface area contributed by atoms with Gasteiger partial charge in [-0.05, 0) is 25.0 Å². The normalized spacial score (nSPS) is 27.8. The maximum Gasteiger partial charge on any atom is 0.319 e. The smallest absolute Gasteiger partial charge is 0.319 e. The van der Waals surface area contributed by atoms with E-state index in [2.05, 4.69) is 0 Å². The number of carboxylic acid groups (broad SMARTS) is 1. The van der Waals surface area contributed by atoms with E-state index in [1.54, 1.807) is 0 Å². The zero-order valence-corrected chi connectivity index (χ0v) is 9.66. The molecule has 0 amide bonds. The molecule has 1 unspecified atom stereocenters. The van der Waals surface area contributed by atoms with Crippen LogP contribution < -0.4 is 0 Å². The van der Waals surface area contributed by atoms with Crippen LogP contribution in [0.25, 0.3) is 0 Å². The molecule has 0 radical (unpaired) electrons. The number of hydrogen-bond donors (Lipinski definition) is 1. The van der Waals surface area contributed by atoms with Crippen molar-refractivity contribution < 1.29 is 18.3 Å². The summed E-state index contributed by atoms with van der Waals surface area (Å²) in [6.45, 7) is 0. The van der Waals surface area contributed by atoms with Gasteiger partial charge in [0, 0.05) is 6.26 Å². The summed E-state index contributed by atoms with van der Waals surface area (Å²) in [6, 6.07) is 0. The van der Waals surface area contributed by atoms with Crippen molar-refractivity contribution in [2.75, 3.05) is 17.8 Å². The second kappa shape index (κ2) is 4.10. The van der Waals surface area contributed by atoms with Crippen LogP contribution in [0.3, 0.4) is 0 Å². The first-order valence-corrected chi connectivity index (χ1v) is 7.45. The molecule has 0 aromatic heterocycles. The summed E-state index contributed by atoms with van der Waals surface area (Å²) < 4.78 is 21.1. The Bertz CT molecular complexity index is 314. The number of aliphatic carboxylic acids is 1. The molecule has 1 fully saturated rings. The molecule has 1 aliphatic rings. The lowest BCUT2D eigenvalue weighted by Crippen LogP contribution is -2.34. The molecule has 82 valence electrons. The fraction of sp³-hybridized carbons (Fsp3) is 0.875. The number of rotatable bonds is 4. The summed E-state index contributed by atoms with van der Waals surface area (Å²) >= 11 is 1.37. The Morgan fingerprint density at radius 1 is 1.57 bits per heavy atom. The second-order valence-electron chi connectivity index (χ2n) is 3.63. The number of carboxylic acids is 1. The Morgan fingerprint density at radius 2 is 2.21 bits per heavy atom. The highest BCUT2D eigenvalue weighted by Gasteiger charge is 2.42. The van der Waals surface area contributed by atoms with Crippen molar-refractivity contribution >= 4 is 27.6 Å². The lowest BCUT2D eigenvalue weighted by atomic mass is 10.0. The van der Waals surface area contributed by atoms with Crippen molar-refractivity contribution in [1.29, 1.82) is 0 Å². The van der Waals surface area contributed by atoms with E-state index in [-0.39, 0.29) is 12.2 Å². The maximum atomic E-state index is 11.0. The summed E-state index contributed by atoms with van der Waals surface area (Å²) in [6.07, 6.45) is 2.82. The van der Waals surface area contributed by atoms with Gasteiger partial charge in [0.1, 0.15) is 14.6 Å². The summed E-state index contributed by atoms with van der Waals surface area (Å²) in [5.41, 5.74) is 0. The minimum Gasteiger partial charge on any atom is -0.480 e. The number of hydrogen-bond acceptors (Lipinski definition) is 4. The summed E-state index contributed by atoms with van der Waals surface area (Å²) in [4.78, 5) is 11.0. The first-order valence-electron chi connectivity index (χ1n) is 4.41. The van der Waals surface area contributed by atoms with E-state index >= 15 is 0 Å². The van der Waals surface area contributed by atoms with Crippen molar-refractivity contribution in [2.45, 2.75) is 24.0 Å². The fourth-order valence-electron chi connectivity index (χ4n) is 1.52. The molecule has 0 aromatic rings. The average Bonchev–Trinajstić information content (AvgIpc) is 2.48. The third kappa shape index (κ3) is 2.88. The predicted octanol–water partition coefficient (Wildman–Crippen LogP) is 0.771. The zero-order chi connectivity index (χ0) is 10.8. The molecule has 0 aliphatic carbocycles. The first-order chi connectivity index (χ1) is 6.36. The topological polar surface area (TPSA) is 71.4 Å². The lowest BCUT2D eigenvalue weighted by Gasteiger charge is -2.21. The van der Waals surface area contributed by atoms with Gasteiger partial charge in [0.25, 0.3) is 0 Å². The largest absolute Gasteiger partial charge is 0.480 e. The van der Waals surface area contributed by atoms with E-state index in [0.29, 0.717) is 6.42 Å². The van der Waals surface area contributed by atoms with E-state index in [1.807, 2.05) is 0 Å². The van der Waals surface area contributed by atoms with Gasteiger partial charge in [-0.25, -0.2) is 8.42 Å². The van der Waals surface area contributed by atoms with Gasteiger partial charge in [0.15, 0.2) is 0 Å². The second-order valence-corrected chi connectivity index (χ2v) is 7.37. The molecule has 1 rings (SSSR count). The van der Waals surface area contributed by atoms with Crippen LogP contribution in [-0.4, -0.2) is 42.0 Å². The molecule has 1 N–H and O–H groups in total. The molecule has 14 heavy (non-hydrogen) atoms. The molecule has 0 spiro atoms. The minimum atomic E-state index is -3.06. The van der Waals surface area contributed by atoms with Crippen molar-refractivity contribution in [3.05, 3.63) is 0 Å². The monoisotopic (exact) mass is 238 g/mol. The number of carbonyl (C=O) groups is 1. The standard InChI is InChI=1S/C8H14O4S2/c1-14(11,12)6-4-8(7(9)10)3-2-5-13-8/h2-6H2,1H3,(H,9,10). The van der Waals surface area contributed by atoms with Crippen molar-refractivity contribution in [2.24, 2.45) is 0 Å². The van der Waals surface area contributed by atoms with E-state index < -0.39 is 20.6 Å². The summed E-state index contributed by atoms with van der Waals surface area (Å²) in [5.74, 6) is -0.0915. The van der Waals surface area contributed by atoms with Crippen LogP contribution in [-0.2, 0) is 14.6 Å². The molecular weight excluding hydrogens is 224 g/mol. The molecular formula is C8H14O4S2. The van der Waals surface area contributed by atoms with Gasteiger partial charge < -0.3 is 5.11 Å². The SMILES string of the molecule is CS(=O)(=O)CCC1(C(=O)O)CCCS1. The number of thioether (sulfide) groups is 1. The van der Waals surface area contributed by atoms with E-state index in [1.165, 1.54) is 11.8 Å². The highest BCUT2D eigenvalue weighted by Crippen LogP contribution is 2.41. The van der Waals surface area contributed by atoms with E-state index in [0.717, 1.165) is 18.4 Å². The third-order valence-corrected chi connectivity index (χ3v) is 4.94. The molecule has 1 saturated heterocycles. The van der Waals surface area contributed by atoms with Crippen molar-refractivity contribution in [3.63, 3.8) is 0 Å². The van der Waals surface area contributed by atoms with Crippen molar-refractivity contribution in [3.8, 4) is 0 Å².